The van der Waals surface area contributed by atoms with Crippen LogP contribution in [0.1, 0.15) is 25.7 Å². The first-order valence-electron chi connectivity index (χ1n) is 7.15. The molecule has 1 unspecified atom stereocenters. The van der Waals surface area contributed by atoms with Crippen molar-refractivity contribution in [2.24, 2.45) is 0 Å². The summed E-state index contributed by atoms with van der Waals surface area (Å²) in [6.07, 6.45) is 5.16. The number of likely N-dealkylation sites (tertiary alicyclic amines) is 1. The number of likely N-dealkylation sites (N-methyl/N-ethyl adjacent to an activating group) is 1. The zero-order chi connectivity index (χ0) is 15.0. The first kappa shape index (κ1) is 15.7. The van der Waals surface area contributed by atoms with E-state index in [1.807, 2.05) is 0 Å². The molecule has 7 heteroatoms. The standard InChI is InChI=1S/C13H25N3O3S/c1-14(2)12(17)10-15-8-4-6-13(15)7-5-9-16(11-13)20(3,18)19/h4-11H2,1-3H3. The van der Waals surface area contributed by atoms with Crippen molar-refractivity contribution in [2.75, 3.05) is 46.5 Å². The lowest BCUT2D eigenvalue weighted by molar-refractivity contribution is -0.131. The molecule has 2 aliphatic heterocycles. The summed E-state index contributed by atoms with van der Waals surface area (Å²) in [6, 6.07) is 0. The van der Waals surface area contributed by atoms with E-state index >= 15 is 0 Å². The second kappa shape index (κ2) is 5.61. The SMILES string of the molecule is CN(C)C(=O)CN1CCCC12CCCN(S(C)(=O)=O)C2. The van der Waals surface area contributed by atoms with Crippen LogP contribution >= 0.6 is 0 Å². The predicted octanol–water partition coefficient (Wildman–Crippen LogP) is -0.0354. The number of nitrogens with zero attached hydrogens (tertiary/aromatic N) is 3. The summed E-state index contributed by atoms with van der Waals surface area (Å²) in [5, 5.41) is 0. The topological polar surface area (TPSA) is 60.9 Å². The molecule has 20 heavy (non-hydrogen) atoms. The van der Waals surface area contributed by atoms with Gasteiger partial charge in [-0.1, -0.05) is 0 Å². The molecule has 2 fully saturated rings. The molecule has 0 aromatic heterocycles. The number of carbonyl (C=O) groups excluding carboxylic acids is 1. The minimum absolute atomic E-state index is 0.0859. The van der Waals surface area contributed by atoms with Gasteiger partial charge in [0, 0.05) is 32.7 Å². The third-order valence-electron chi connectivity index (χ3n) is 4.56. The van der Waals surface area contributed by atoms with Crippen LogP contribution in [-0.4, -0.2) is 80.5 Å². The van der Waals surface area contributed by atoms with E-state index in [1.54, 1.807) is 23.3 Å². The van der Waals surface area contributed by atoms with Crippen molar-refractivity contribution in [3.8, 4) is 0 Å². The fourth-order valence-corrected chi connectivity index (χ4v) is 4.30. The number of rotatable bonds is 3. The van der Waals surface area contributed by atoms with Gasteiger partial charge in [0.2, 0.25) is 15.9 Å². The maximum Gasteiger partial charge on any atom is 0.236 e. The second-order valence-electron chi connectivity index (χ2n) is 6.24. The van der Waals surface area contributed by atoms with Crippen molar-refractivity contribution in [3.05, 3.63) is 0 Å². The minimum Gasteiger partial charge on any atom is -0.348 e. The van der Waals surface area contributed by atoms with Crippen LogP contribution in [0.5, 0.6) is 0 Å². The van der Waals surface area contributed by atoms with E-state index in [1.165, 1.54) is 6.26 Å². The van der Waals surface area contributed by atoms with Gasteiger partial charge in [-0.25, -0.2) is 12.7 Å². The van der Waals surface area contributed by atoms with E-state index in [0.29, 0.717) is 19.6 Å². The van der Waals surface area contributed by atoms with Crippen LogP contribution < -0.4 is 0 Å². The molecular weight excluding hydrogens is 278 g/mol. The molecule has 0 bridgehead atoms. The molecule has 0 aromatic carbocycles. The maximum absolute atomic E-state index is 12.0. The van der Waals surface area contributed by atoms with E-state index in [4.69, 9.17) is 0 Å². The third-order valence-corrected chi connectivity index (χ3v) is 5.80. The summed E-state index contributed by atoms with van der Waals surface area (Å²) in [6.45, 7) is 2.42. The highest BCUT2D eigenvalue weighted by atomic mass is 32.2. The summed E-state index contributed by atoms with van der Waals surface area (Å²) in [7, 11) is 0.371. The zero-order valence-corrected chi connectivity index (χ0v) is 13.4. The molecule has 1 atom stereocenters. The van der Waals surface area contributed by atoms with Crippen molar-refractivity contribution in [1.29, 1.82) is 0 Å². The predicted molar refractivity (Wildman–Crippen MR) is 77.9 cm³/mol. The van der Waals surface area contributed by atoms with E-state index < -0.39 is 10.0 Å². The van der Waals surface area contributed by atoms with E-state index in [-0.39, 0.29) is 11.4 Å². The first-order chi connectivity index (χ1) is 9.24. The average Bonchev–Trinajstić information content (AvgIpc) is 2.71. The van der Waals surface area contributed by atoms with E-state index in [9.17, 15) is 13.2 Å². The molecule has 0 aromatic rings. The number of hydrogen-bond donors (Lipinski definition) is 0. The van der Waals surface area contributed by atoms with Crippen molar-refractivity contribution >= 4 is 15.9 Å². The van der Waals surface area contributed by atoms with Crippen LogP contribution in [0.2, 0.25) is 0 Å². The van der Waals surface area contributed by atoms with Gasteiger partial charge in [-0.3, -0.25) is 9.69 Å². The molecule has 0 aliphatic carbocycles. The Morgan fingerprint density at radius 2 is 1.80 bits per heavy atom. The third kappa shape index (κ3) is 3.15. The normalized spacial score (nSPS) is 28.9. The van der Waals surface area contributed by atoms with Crippen molar-refractivity contribution < 1.29 is 13.2 Å². The summed E-state index contributed by atoms with van der Waals surface area (Å²) in [5.41, 5.74) is -0.132. The monoisotopic (exact) mass is 303 g/mol. The Hall–Kier alpha value is -0.660. The Kier molecular flexibility index (Phi) is 4.41. The summed E-state index contributed by atoms with van der Waals surface area (Å²) >= 11 is 0. The van der Waals surface area contributed by atoms with Crippen molar-refractivity contribution in [1.82, 2.24) is 14.1 Å². The van der Waals surface area contributed by atoms with E-state index in [2.05, 4.69) is 4.90 Å². The largest absolute Gasteiger partial charge is 0.348 e. The van der Waals surface area contributed by atoms with Crippen LogP contribution in [0.3, 0.4) is 0 Å². The fraction of sp³-hybridized carbons (Fsp3) is 0.923. The lowest BCUT2D eigenvalue weighted by atomic mass is 9.87. The molecule has 0 saturated carbocycles. The number of amides is 1. The number of carbonyl (C=O) groups is 1. The zero-order valence-electron chi connectivity index (χ0n) is 12.6. The smallest absolute Gasteiger partial charge is 0.236 e. The maximum atomic E-state index is 12.0. The average molecular weight is 303 g/mol. The quantitative estimate of drug-likeness (QED) is 0.734. The molecule has 0 radical (unpaired) electrons. The number of sulfonamides is 1. The lowest BCUT2D eigenvalue weighted by Crippen LogP contribution is -2.58. The van der Waals surface area contributed by atoms with Gasteiger partial charge in [-0.05, 0) is 32.2 Å². The highest BCUT2D eigenvalue weighted by Gasteiger charge is 2.46. The Morgan fingerprint density at radius 1 is 1.20 bits per heavy atom. The lowest BCUT2D eigenvalue weighted by Gasteiger charge is -2.45. The van der Waals surface area contributed by atoms with Crippen LogP contribution in [-0.2, 0) is 14.8 Å². The van der Waals surface area contributed by atoms with Gasteiger partial charge in [0.1, 0.15) is 0 Å². The van der Waals surface area contributed by atoms with Crippen LogP contribution in [0.15, 0.2) is 0 Å². The van der Waals surface area contributed by atoms with Gasteiger partial charge in [0.05, 0.1) is 12.8 Å². The Balaban J connectivity index is 2.13. The molecule has 1 amide bonds. The molecule has 6 nitrogen and oxygen atoms in total. The highest BCUT2D eigenvalue weighted by Crippen LogP contribution is 2.37. The van der Waals surface area contributed by atoms with Gasteiger partial charge in [-0.15, -0.1) is 0 Å². The molecule has 2 heterocycles. The minimum atomic E-state index is -3.15. The van der Waals surface area contributed by atoms with E-state index in [0.717, 1.165) is 32.2 Å². The summed E-state index contributed by atoms with van der Waals surface area (Å²) in [4.78, 5) is 15.8. The van der Waals surface area contributed by atoms with Crippen LogP contribution in [0.25, 0.3) is 0 Å². The fourth-order valence-electron chi connectivity index (χ4n) is 3.36. The van der Waals surface area contributed by atoms with Gasteiger partial charge in [-0.2, -0.15) is 0 Å². The van der Waals surface area contributed by atoms with Crippen molar-refractivity contribution in [2.45, 2.75) is 31.2 Å². The first-order valence-corrected chi connectivity index (χ1v) is 9.00. The molecule has 2 saturated heterocycles. The number of piperidine rings is 1. The molecule has 2 rings (SSSR count). The molecule has 1 spiro atoms. The summed E-state index contributed by atoms with van der Waals surface area (Å²) in [5.74, 6) is 0.0859. The van der Waals surface area contributed by atoms with Crippen LogP contribution in [0, 0.1) is 0 Å². The highest BCUT2D eigenvalue weighted by molar-refractivity contribution is 7.88. The molecular formula is C13H25N3O3S. The Labute approximate surface area is 121 Å². The Bertz CT molecular complexity index is 477. The van der Waals surface area contributed by atoms with Crippen molar-refractivity contribution in [3.63, 3.8) is 0 Å². The molecule has 0 N–H and O–H groups in total. The summed E-state index contributed by atoms with van der Waals surface area (Å²) < 4.78 is 25.2. The van der Waals surface area contributed by atoms with Gasteiger partial charge in [0.15, 0.2) is 0 Å². The van der Waals surface area contributed by atoms with Gasteiger partial charge < -0.3 is 4.90 Å². The van der Waals surface area contributed by atoms with Gasteiger partial charge >= 0.3 is 0 Å². The molecule has 2 aliphatic rings. The second-order valence-corrected chi connectivity index (χ2v) is 8.22. The number of hydrogen-bond acceptors (Lipinski definition) is 4. The molecule has 116 valence electrons. The van der Waals surface area contributed by atoms with Crippen LogP contribution in [0.4, 0.5) is 0 Å². The Morgan fingerprint density at radius 3 is 2.35 bits per heavy atom. The van der Waals surface area contributed by atoms with Gasteiger partial charge in [0.25, 0.3) is 0 Å².